The number of amidine groups is 1. The number of carboxylic acid groups (broad SMARTS) is 1. The number of amides is 2. The Kier molecular flexibility index (Phi) is 7.27. The molecule has 0 aliphatic carbocycles. The fourth-order valence-corrected chi connectivity index (χ4v) is 3.74. The van der Waals surface area contributed by atoms with Gasteiger partial charge in [-0.3, -0.25) is 24.7 Å². The molecule has 2 atom stereocenters. The molecule has 2 aromatic carbocycles. The summed E-state index contributed by atoms with van der Waals surface area (Å²) in [5.41, 5.74) is 6.24. The predicted octanol–water partition coefficient (Wildman–Crippen LogP) is 2.11. The lowest BCUT2D eigenvalue weighted by Gasteiger charge is -2.43. The lowest BCUT2D eigenvalue weighted by molar-refractivity contribution is -0.169. The number of carbonyl (C=O) groups excluding carboxylic acids is 2. The van der Waals surface area contributed by atoms with Gasteiger partial charge >= 0.3 is 17.8 Å². The molecule has 2 amide bonds. The maximum Gasteiger partial charge on any atom is 0.315 e. The predicted molar refractivity (Wildman–Crippen MR) is 117 cm³/mol. The fraction of sp³-hybridized carbons (Fsp3) is 0.304. The van der Waals surface area contributed by atoms with E-state index in [-0.39, 0.29) is 24.5 Å². The first-order chi connectivity index (χ1) is 15.7. The second-order valence-corrected chi connectivity index (χ2v) is 7.64. The van der Waals surface area contributed by atoms with Crippen molar-refractivity contribution in [3.05, 3.63) is 65.5 Å². The van der Waals surface area contributed by atoms with Crippen molar-refractivity contribution in [1.29, 1.82) is 5.41 Å². The molecule has 3 rings (SSSR count). The largest absolute Gasteiger partial charge is 0.481 e. The summed E-state index contributed by atoms with van der Waals surface area (Å²) in [5, 5.41) is 16.9. The van der Waals surface area contributed by atoms with Crippen LogP contribution >= 0.6 is 0 Å². The topological polar surface area (TPSA) is 137 Å². The SMILES string of the molecule is CCCN1C(=O)C(=O)N(C(CC(=O)O)c2cccc(F)c2)CC1Oc1ccc(C(=N)N)cc1. The van der Waals surface area contributed by atoms with Crippen molar-refractivity contribution in [2.45, 2.75) is 32.0 Å². The molecular formula is C23H25FN4O5. The number of hydrogen-bond donors (Lipinski definition) is 3. The number of nitrogens with two attached hydrogens (primary N) is 1. The highest BCUT2D eigenvalue weighted by Gasteiger charge is 2.43. The minimum Gasteiger partial charge on any atom is -0.481 e. The van der Waals surface area contributed by atoms with Crippen LogP contribution in [0.1, 0.15) is 36.9 Å². The zero-order valence-electron chi connectivity index (χ0n) is 18.0. The molecule has 0 bridgehead atoms. The number of nitrogens with zero attached hydrogens (tertiary/aromatic N) is 2. The van der Waals surface area contributed by atoms with Gasteiger partial charge in [0.25, 0.3) is 0 Å². The molecule has 1 heterocycles. The van der Waals surface area contributed by atoms with Crippen molar-refractivity contribution in [3.63, 3.8) is 0 Å². The first kappa shape index (κ1) is 23.7. The summed E-state index contributed by atoms with van der Waals surface area (Å²) in [6.07, 6.45) is -0.816. The molecule has 1 aliphatic rings. The first-order valence-electron chi connectivity index (χ1n) is 10.4. The number of nitrogen functional groups attached to an aromatic ring is 1. The summed E-state index contributed by atoms with van der Waals surface area (Å²) >= 11 is 0. The third-order valence-electron chi connectivity index (χ3n) is 5.28. The van der Waals surface area contributed by atoms with Crippen LogP contribution in [0.25, 0.3) is 0 Å². The first-order valence-corrected chi connectivity index (χ1v) is 10.4. The smallest absolute Gasteiger partial charge is 0.315 e. The molecule has 9 nitrogen and oxygen atoms in total. The van der Waals surface area contributed by atoms with Gasteiger partial charge in [-0.05, 0) is 48.4 Å². The van der Waals surface area contributed by atoms with Crippen LogP contribution in [-0.4, -0.2) is 57.8 Å². The monoisotopic (exact) mass is 456 g/mol. The number of rotatable bonds is 9. The molecular weight excluding hydrogens is 431 g/mol. The highest BCUT2D eigenvalue weighted by atomic mass is 19.1. The second-order valence-electron chi connectivity index (χ2n) is 7.64. The van der Waals surface area contributed by atoms with Gasteiger partial charge in [0, 0.05) is 12.1 Å². The molecule has 33 heavy (non-hydrogen) atoms. The van der Waals surface area contributed by atoms with Crippen molar-refractivity contribution in [3.8, 4) is 5.75 Å². The van der Waals surface area contributed by atoms with E-state index >= 15 is 0 Å². The molecule has 4 N–H and O–H groups in total. The van der Waals surface area contributed by atoms with Crippen molar-refractivity contribution >= 4 is 23.6 Å². The van der Waals surface area contributed by atoms with Crippen LogP contribution in [-0.2, 0) is 14.4 Å². The Morgan fingerprint density at radius 3 is 2.52 bits per heavy atom. The standard InChI is InChI=1S/C23H25FN4O5/c1-2-10-27-19(33-17-8-6-14(7-9-17)21(25)26)13-28(23(32)22(27)31)18(12-20(29)30)15-4-3-5-16(24)11-15/h3-9,11,18-19H,2,10,12-13H2,1H3,(H3,25,26)(H,29,30). The Morgan fingerprint density at radius 2 is 1.94 bits per heavy atom. The van der Waals surface area contributed by atoms with Gasteiger partial charge in [0.2, 0.25) is 0 Å². The van der Waals surface area contributed by atoms with E-state index in [0.29, 0.717) is 17.7 Å². The second kappa shape index (κ2) is 10.1. The van der Waals surface area contributed by atoms with Crippen LogP contribution in [0.5, 0.6) is 5.75 Å². The third kappa shape index (κ3) is 5.46. The molecule has 0 saturated carbocycles. The number of ether oxygens (including phenoxy) is 1. The average Bonchev–Trinajstić information content (AvgIpc) is 2.77. The minimum absolute atomic E-state index is 0.104. The summed E-state index contributed by atoms with van der Waals surface area (Å²) < 4.78 is 19.8. The van der Waals surface area contributed by atoms with E-state index in [9.17, 15) is 23.9 Å². The van der Waals surface area contributed by atoms with E-state index in [1.807, 2.05) is 6.92 Å². The Hall–Kier alpha value is -3.95. The van der Waals surface area contributed by atoms with Crippen LogP contribution in [0.15, 0.2) is 48.5 Å². The highest BCUT2D eigenvalue weighted by molar-refractivity contribution is 6.35. The van der Waals surface area contributed by atoms with E-state index in [4.69, 9.17) is 15.9 Å². The number of carbonyl (C=O) groups is 3. The number of carboxylic acids is 1. The van der Waals surface area contributed by atoms with Crippen LogP contribution < -0.4 is 10.5 Å². The third-order valence-corrected chi connectivity index (χ3v) is 5.28. The number of benzene rings is 2. The van der Waals surface area contributed by atoms with E-state index < -0.39 is 42.3 Å². The Labute approximate surface area is 190 Å². The van der Waals surface area contributed by atoms with Gasteiger partial charge in [0.1, 0.15) is 17.4 Å². The quantitative estimate of drug-likeness (QED) is 0.300. The zero-order chi connectivity index (χ0) is 24.1. The summed E-state index contributed by atoms with van der Waals surface area (Å²) in [5.74, 6) is -3.19. The van der Waals surface area contributed by atoms with Crippen molar-refractivity contribution in [1.82, 2.24) is 9.80 Å². The Bertz CT molecular complexity index is 1060. The van der Waals surface area contributed by atoms with E-state index in [0.717, 1.165) is 11.0 Å². The van der Waals surface area contributed by atoms with Gasteiger partial charge in [-0.25, -0.2) is 4.39 Å². The zero-order valence-corrected chi connectivity index (χ0v) is 18.0. The van der Waals surface area contributed by atoms with E-state index in [1.165, 1.54) is 23.1 Å². The lowest BCUT2D eigenvalue weighted by atomic mass is 10.00. The Morgan fingerprint density at radius 1 is 1.24 bits per heavy atom. The van der Waals surface area contributed by atoms with Gasteiger partial charge in [0.05, 0.1) is 19.0 Å². The average molecular weight is 456 g/mol. The van der Waals surface area contributed by atoms with Crippen molar-refractivity contribution in [2.24, 2.45) is 5.73 Å². The van der Waals surface area contributed by atoms with Crippen LogP contribution in [0.4, 0.5) is 4.39 Å². The van der Waals surface area contributed by atoms with E-state index in [1.54, 1.807) is 24.3 Å². The van der Waals surface area contributed by atoms with Crippen LogP contribution in [0, 0.1) is 11.2 Å². The summed E-state index contributed by atoms with van der Waals surface area (Å²) in [4.78, 5) is 39.9. The van der Waals surface area contributed by atoms with Crippen molar-refractivity contribution < 1.29 is 28.6 Å². The summed E-state index contributed by atoms with van der Waals surface area (Å²) in [6.45, 7) is 2.01. The van der Waals surface area contributed by atoms with Gasteiger partial charge < -0.3 is 20.5 Å². The number of aliphatic carboxylic acids is 1. The maximum atomic E-state index is 13.8. The van der Waals surface area contributed by atoms with Gasteiger partial charge in [-0.2, -0.15) is 0 Å². The fourth-order valence-electron chi connectivity index (χ4n) is 3.74. The summed E-state index contributed by atoms with van der Waals surface area (Å²) in [6, 6.07) is 10.6. The molecule has 10 heteroatoms. The van der Waals surface area contributed by atoms with E-state index in [2.05, 4.69) is 0 Å². The highest BCUT2D eigenvalue weighted by Crippen LogP contribution is 2.30. The number of hydrogen-bond acceptors (Lipinski definition) is 5. The minimum atomic E-state index is -1.20. The normalized spacial score (nSPS) is 17.1. The Balaban J connectivity index is 1.94. The van der Waals surface area contributed by atoms with Crippen LogP contribution in [0.2, 0.25) is 0 Å². The number of piperazine rings is 1. The van der Waals surface area contributed by atoms with Gasteiger partial charge in [-0.1, -0.05) is 19.1 Å². The molecule has 0 radical (unpaired) electrons. The molecule has 2 aromatic rings. The molecule has 1 aliphatic heterocycles. The number of nitrogens with one attached hydrogen (secondary N) is 1. The van der Waals surface area contributed by atoms with Gasteiger partial charge in [-0.15, -0.1) is 0 Å². The maximum absolute atomic E-state index is 13.8. The molecule has 2 unspecified atom stereocenters. The molecule has 1 fully saturated rings. The lowest BCUT2D eigenvalue weighted by Crippen LogP contribution is -2.62. The molecule has 174 valence electrons. The van der Waals surface area contributed by atoms with Crippen molar-refractivity contribution in [2.75, 3.05) is 13.1 Å². The number of halogens is 1. The summed E-state index contributed by atoms with van der Waals surface area (Å²) in [7, 11) is 0. The van der Waals surface area contributed by atoms with Gasteiger partial charge in [0.15, 0.2) is 6.23 Å². The molecule has 1 saturated heterocycles. The molecule has 0 aromatic heterocycles. The molecule has 0 spiro atoms. The van der Waals surface area contributed by atoms with Crippen LogP contribution in [0.3, 0.4) is 0 Å².